The molecule has 1 unspecified atom stereocenters. The topological polar surface area (TPSA) is 92.7 Å². The Kier molecular flexibility index (Phi) is 8.63. The van der Waals surface area contributed by atoms with Gasteiger partial charge in [0, 0.05) is 41.0 Å². The molecule has 4 rings (SSSR count). The van der Waals surface area contributed by atoms with Crippen molar-refractivity contribution in [3.8, 4) is 23.0 Å². The van der Waals surface area contributed by atoms with Crippen molar-refractivity contribution in [2.75, 3.05) is 28.4 Å². The Hall–Kier alpha value is -3.81. The third-order valence-corrected chi connectivity index (χ3v) is 7.69. The fraction of sp³-hybridized carbons (Fsp3) is 0.452. The second-order valence-corrected chi connectivity index (χ2v) is 9.98. The molecule has 8 nitrogen and oxygen atoms in total. The van der Waals surface area contributed by atoms with E-state index in [9.17, 15) is 9.59 Å². The highest BCUT2D eigenvalue weighted by atomic mass is 16.5. The summed E-state index contributed by atoms with van der Waals surface area (Å²) in [6, 6.07) is 11.2. The Balaban J connectivity index is 1.82. The summed E-state index contributed by atoms with van der Waals surface area (Å²) in [5.41, 5.74) is 3.55. The zero-order valence-corrected chi connectivity index (χ0v) is 23.7. The number of rotatable bonds is 9. The molecule has 2 aromatic rings. The SMILES string of the molecule is CC[C@@H](C)OC(=O)C1C(C)=NC2=C(C(=O)C[C@H](c3ccc(OC)c(OC)c3)C2)[C@@H]1c1ccc(OC)cc1OC. The van der Waals surface area contributed by atoms with Crippen molar-refractivity contribution in [3.05, 3.63) is 58.8 Å². The molecule has 1 aliphatic carbocycles. The lowest BCUT2D eigenvalue weighted by molar-refractivity contribution is -0.151. The third kappa shape index (κ3) is 5.51. The number of hydrogen-bond acceptors (Lipinski definition) is 8. The number of aliphatic imine (C=N–C) groups is 1. The first kappa shape index (κ1) is 28.2. The van der Waals surface area contributed by atoms with E-state index in [0.717, 1.165) is 11.1 Å². The average molecular weight is 536 g/mol. The molecular formula is C31H37NO7. The summed E-state index contributed by atoms with van der Waals surface area (Å²) in [4.78, 5) is 32.4. The maximum absolute atomic E-state index is 13.9. The zero-order valence-electron chi connectivity index (χ0n) is 23.7. The molecule has 1 heterocycles. The van der Waals surface area contributed by atoms with Gasteiger partial charge in [-0.25, -0.2) is 0 Å². The first-order valence-electron chi connectivity index (χ1n) is 13.2. The van der Waals surface area contributed by atoms with Gasteiger partial charge in [0.25, 0.3) is 0 Å². The van der Waals surface area contributed by atoms with Crippen molar-refractivity contribution in [2.45, 2.75) is 58.0 Å². The quantitative estimate of drug-likeness (QED) is 0.384. The van der Waals surface area contributed by atoms with E-state index in [1.54, 1.807) is 34.5 Å². The number of Topliss-reactive ketones (excluding diaryl/α,β-unsaturated/α-hetero) is 1. The highest BCUT2D eigenvalue weighted by molar-refractivity contribution is 6.09. The highest BCUT2D eigenvalue weighted by Gasteiger charge is 2.46. The monoisotopic (exact) mass is 535 g/mol. The molecule has 4 atom stereocenters. The average Bonchev–Trinajstić information content (AvgIpc) is 2.95. The summed E-state index contributed by atoms with van der Waals surface area (Å²) < 4.78 is 27.8. The van der Waals surface area contributed by atoms with E-state index in [1.807, 2.05) is 51.1 Å². The third-order valence-electron chi connectivity index (χ3n) is 7.69. The number of nitrogens with zero attached hydrogens (tertiary/aromatic N) is 1. The molecule has 208 valence electrons. The van der Waals surface area contributed by atoms with E-state index >= 15 is 0 Å². The number of ether oxygens (including phenoxy) is 5. The molecule has 0 aromatic heterocycles. The van der Waals surface area contributed by atoms with Crippen molar-refractivity contribution >= 4 is 17.5 Å². The number of carbonyl (C=O) groups excluding carboxylic acids is 2. The predicted octanol–water partition coefficient (Wildman–Crippen LogP) is 5.64. The number of carbonyl (C=O) groups is 2. The summed E-state index contributed by atoms with van der Waals surface area (Å²) in [5, 5.41) is 0. The van der Waals surface area contributed by atoms with Gasteiger partial charge in [-0.3, -0.25) is 14.6 Å². The van der Waals surface area contributed by atoms with E-state index < -0.39 is 17.8 Å². The molecule has 1 aliphatic heterocycles. The molecule has 0 saturated heterocycles. The molecule has 0 bridgehead atoms. The zero-order chi connectivity index (χ0) is 28.3. The fourth-order valence-corrected chi connectivity index (χ4v) is 5.47. The van der Waals surface area contributed by atoms with Crippen LogP contribution in [0.3, 0.4) is 0 Å². The van der Waals surface area contributed by atoms with Crippen LogP contribution < -0.4 is 18.9 Å². The summed E-state index contributed by atoms with van der Waals surface area (Å²) in [6.45, 7) is 5.66. The maximum atomic E-state index is 13.9. The minimum absolute atomic E-state index is 0.0449. The van der Waals surface area contributed by atoms with Crippen molar-refractivity contribution in [1.82, 2.24) is 0 Å². The van der Waals surface area contributed by atoms with Gasteiger partial charge in [0.1, 0.15) is 17.4 Å². The maximum Gasteiger partial charge on any atom is 0.315 e. The normalized spacial score (nSPS) is 21.5. The fourth-order valence-electron chi connectivity index (χ4n) is 5.47. The van der Waals surface area contributed by atoms with Crippen LogP contribution in [-0.4, -0.2) is 52.0 Å². The summed E-state index contributed by atoms with van der Waals surface area (Å²) >= 11 is 0. The first-order valence-corrected chi connectivity index (χ1v) is 13.2. The minimum atomic E-state index is -0.748. The lowest BCUT2D eigenvalue weighted by Crippen LogP contribution is -2.39. The van der Waals surface area contributed by atoms with Gasteiger partial charge < -0.3 is 23.7 Å². The highest BCUT2D eigenvalue weighted by Crippen LogP contribution is 2.49. The number of esters is 1. The van der Waals surface area contributed by atoms with Crippen LogP contribution in [0, 0.1) is 5.92 Å². The molecule has 0 amide bonds. The van der Waals surface area contributed by atoms with Crippen molar-refractivity contribution < 1.29 is 33.3 Å². The van der Waals surface area contributed by atoms with Gasteiger partial charge in [0.05, 0.1) is 34.5 Å². The summed E-state index contributed by atoms with van der Waals surface area (Å²) in [7, 11) is 6.33. The lowest BCUT2D eigenvalue weighted by atomic mass is 9.69. The molecule has 0 N–H and O–H groups in total. The summed E-state index contributed by atoms with van der Waals surface area (Å²) in [5.74, 6) is 0.532. The van der Waals surface area contributed by atoms with E-state index in [-0.39, 0.29) is 24.2 Å². The largest absolute Gasteiger partial charge is 0.497 e. The molecule has 0 radical (unpaired) electrons. The molecule has 39 heavy (non-hydrogen) atoms. The predicted molar refractivity (Wildman–Crippen MR) is 148 cm³/mol. The van der Waals surface area contributed by atoms with Crippen LogP contribution in [0.5, 0.6) is 23.0 Å². The van der Waals surface area contributed by atoms with Crippen molar-refractivity contribution in [2.24, 2.45) is 10.9 Å². The number of hydrogen-bond donors (Lipinski definition) is 0. The van der Waals surface area contributed by atoms with E-state index in [1.165, 1.54) is 0 Å². The Labute approximate surface area is 230 Å². The van der Waals surface area contributed by atoms with Crippen LogP contribution in [0.15, 0.2) is 52.7 Å². The Bertz CT molecular complexity index is 1310. The second-order valence-electron chi connectivity index (χ2n) is 9.98. The Morgan fingerprint density at radius 2 is 1.67 bits per heavy atom. The van der Waals surface area contributed by atoms with E-state index in [2.05, 4.69) is 0 Å². The molecule has 2 aliphatic rings. The van der Waals surface area contributed by atoms with E-state index in [0.29, 0.717) is 52.8 Å². The van der Waals surface area contributed by atoms with Crippen molar-refractivity contribution in [1.29, 1.82) is 0 Å². The van der Waals surface area contributed by atoms with Gasteiger partial charge in [0.2, 0.25) is 0 Å². The van der Waals surface area contributed by atoms with E-state index in [4.69, 9.17) is 28.7 Å². The molecule has 0 saturated carbocycles. The number of benzene rings is 2. The number of allylic oxidation sites excluding steroid dienone is 2. The van der Waals surface area contributed by atoms with Crippen molar-refractivity contribution in [3.63, 3.8) is 0 Å². The van der Waals surface area contributed by atoms with Crippen LogP contribution in [0.1, 0.15) is 63.0 Å². The molecular weight excluding hydrogens is 498 g/mol. The van der Waals surface area contributed by atoms with Gasteiger partial charge in [-0.2, -0.15) is 0 Å². The second kappa shape index (κ2) is 11.9. The van der Waals surface area contributed by atoms with Gasteiger partial charge >= 0.3 is 5.97 Å². The Morgan fingerprint density at radius 3 is 2.31 bits per heavy atom. The van der Waals surface area contributed by atoms with Crippen LogP contribution in [0.2, 0.25) is 0 Å². The van der Waals surface area contributed by atoms with Crippen LogP contribution in [0.4, 0.5) is 0 Å². The van der Waals surface area contributed by atoms with Crippen LogP contribution in [-0.2, 0) is 14.3 Å². The standard InChI is InChI=1S/C31H37NO7/c1-8-17(2)39-31(34)28-18(3)32-23-13-20(19-9-12-25(36-5)27(15-19)38-7)14-24(33)30(23)29(28)22-11-10-21(35-4)16-26(22)37-6/h9-12,15-17,20,28-29H,8,13-14H2,1-7H3/t17-,20-,28?,29-/m1/s1. The number of ketones is 1. The van der Waals surface area contributed by atoms with Gasteiger partial charge in [-0.15, -0.1) is 0 Å². The summed E-state index contributed by atoms with van der Waals surface area (Å²) in [6.07, 6.45) is 1.27. The molecule has 0 spiro atoms. The lowest BCUT2D eigenvalue weighted by Gasteiger charge is -2.37. The molecule has 0 fully saturated rings. The van der Waals surface area contributed by atoms with Crippen LogP contribution >= 0.6 is 0 Å². The molecule has 2 aromatic carbocycles. The molecule has 8 heteroatoms. The minimum Gasteiger partial charge on any atom is -0.497 e. The van der Waals surface area contributed by atoms with Gasteiger partial charge in [0.15, 0.2) is 17.3 Å². The Morgan fingerprint density at radius 1 is 0.949 bits per heavy atom. The van der Waals surface area contributed by atoms with Gasteiger partial charge in [-0.1, -0.05) is 19.1 Å². The first-order chi connectivity index (χ1) is 18.8. The van der Waals surface area contributed by atoms with Crippen LogP contribution in [0.25, 0.3) is 0 Å². The number of methoxy groups -OCH3 is 4. The smallest absolute Gasteiger partial charge is 0.315 e. The van der Waals surface area contributed by atoms with Gasteiger partial charge in [-0.05, 0) is 56.4 Å².